The van der Waals surface area contributed by atoms with E-state index in [1.165, 1.54) is 24.3 Å². The van der Waals surface area contributed by atoms with Crippen molar-refractivity contribution in [3.63, 3.8) is 0 Å². The van der Waals surface area contributed by atoms with Gasteiger partial charge in [0.25, 0.3) is 5.91 Å². The smallest absolute Gasteiger partial charge is 0.256 e. The number of benzene rings is 3. The molecule has 0 saturated heterocycles. The van der Waals surface area contributed by atoms with E-state index in [-0.39, 0.29) is 11.7 Å². The lowest BCUT2D eigenvalue weighted by atomic mass is 10.0. The maximum absolute atomic E-state index is 13.2. The molecule has 144 valence electrons. The summed E-state index contributed by atoms with van der Waals surface area (Å²) < 4.78 is 15.0. The maximum atomic E-state index is 13.2. The third-order valence-electron chi connectivity index (χ3n) is 4.56. The normalized spacial score (nSPS) is 10.9. The molecule has 0 aliphatic heterocycles. The zero-order valence-electron chi connectivity index (χ0n) is 15.3. The number of hydrogen-bond acceptors (Lipinski definition) is 2. The quantitative estimate of drug-likeness (QED) is 0.316. The van der Waals surface area contributed by atoms with Gasteiger partial charge in [-0.05, 0) is 67.1 Å². The van der Waals surface area contributed by atoms with Crippen LogP contribution in [-0.4, -0.2) is 10.9 Å². The van der Waals surface area contributed by atoms with E-state index < -0.39 is 0 Å². The van der Waals surface area contributed by atoms with Gasteiger partial charge in [0.15, 0.2) is 0 Å². The van der Waals surface area contributed by atoms with E-state index in [9.17, 15) is 9.18 Å². The average Bonchev–Trinajstić information content (AvgIpc) is 2.69. The summed E-state index contributed by atoms with van der Waals surface area (Å²) in [7, 11) is 0. The predicted molar refractivity (Wildman–Crippen MR) is 122 cm³/mol. The van der Waals surface area contributed by atoms with Crippen LogP contribution in [0.1, 0.15) is 15.9 Å². The van der Waals surface area contributed by atoms with Gasteiger partial charge < -0.3 is 5.32 Å². The van der Waals surface area contributed by atoms with E-state index in [0.717, 1.165) is 31.0 Å². The largest absolute Gasteiger partial charge is 0.322 e. The number of fused-ring (bicyclic) bond motifs is 1. The zero-order chi connectivity index (χ0) is 20.5. The Bertz CT molecular complexity index is 1220. The summed E-state index contributed by atoms with van der Waals surface area (Å²) in [5, 5.41) is 3.60. The number of aryl methyl sites for hydroxylation is 1. The van der Waals surface area contributed by atoms with Crippen molar-refractivity contribution in [3.05, 3.63) is 92.6 Å². The number of pyridine rings is 1. The van der Waals surface area contributed by atoms with Crippen LogP contribution in [0.4, 0.5) is 10.1 Å². The van der Waals surface area contributed by atoms with Crippen molar-refractivity contribution in [2.45, 2.75) is 6.92 Å². The first kappa shape index (κ1) is 19.7. The van der Waals surface area contributed by atoms with E-state index in [1.807, 2.05) is 43.3 Å². The van der Waals surface area contributed by atoms with Gasteiger partial charge in [-0.25, -0.2) is 9.37 Å². The van der Waals surface area contributed by atoms with Crippen LogP contribution < -0.4 is 5.32 Å². The Labute approximate surface area is 184 Å². The fourth-order valence-corrected chi connectivity index (χ4v) is 3.98. The van der Waals surface area contributed by atoms with Crippen LogP contribution in [0.2, 0.25) is 0 Å². The van der Waals surface area contributed by atoms with Crippen molar-refractivity contribution in [1.29, 1.82) is 0 Å². The number of carbonyl (C=O) groups is 1. The van der Waals surface area contributed by atoms with E-state index in [4.69, 9.17) is 4.98 Å². The van der Waals surface area contributed by atoms with Crippen molar-refractivity contribution in [2.75, 3.05) is 5.32 Å². The molecule has 0 bridgehead atoms. The van der Waals surface area contributed by atoms with Gasteiger partial charge in [-0.1, -0.05) is 44.0 Å². The van der Waals surface area contributed by atoms with Gasteiger partial charge >= 0.3 is 0 Å². The standard InChI is InChI=1S/C23H15Br2FN2O/c1-13-10-16(25)11-19-20(23(29)27-18-8-6-17(26)7-9-18)12-21(28-22(13)19)14-2-4-15(24)5-3-14/h2-12H,1H3,(H,27,29). The van der Waals surface area contributed by atoms with Gasteiger partial charge in [0.05, 0.1) is 16.8 Å². The van der Waals surface area contributed by atoms with Crippen LogP contribution in [0.5, 0.6) is 0 Å². The molecule has 1 amide bonds. The molecule has 0 aliphatic carbocycles. The molecule has 0 unspecified atom stereocenters. The molecule has 0 aliphatic rings. The highest BCUT2D eigenvalue weighted by Gasteiger charge is 2.16. The SMILES string of the molecule is Cc1cc(Br)cc2c(C(=O)Nc3ccc(F)cc3)cc(-c3ccc(Br)cc3)nc12. The number of amides is 1. The summed E-state index contributed by atoms with van der Waals surface area (Å²) in [6.07, 6.45) is 0. The highest BCUT2D eigenvalue weighted by molar-refractivity contribution is 9.10. The lowest BCUT2D eigenvalue weighted by molar-refractivity contribution is 0.102. The van der Waals surface area contributed by atoms with Gasteiger partial charge in [-0.2, -0.15) is 0 Å². The molecule has 0 radical (unpaired) electrons. The minimum absolute atomic E-state index is 0.278. The molecule has 0 spiro atoms. The number of anilines is 1. The zero-order valence-corrected chi connectivity index (χ0v) is 18.5. The van der Waals surface area contributed by atoms with E-state index in [0.29, 0.717) is 16.9 Å². The van der Waals surface area contributed by atoms with Crippen LogP contribution in [0.3, 0.4) is 0 Å². The Hall–Kier alpha value is -2.57. The minimum Gasteiger partial charge on any atom is -0.322 e. The predicted octanol–water partition coefficient (Wildman–Crippen LogP) is 7.13. The second-order valence-electron chi connectivity index (χ2n) is 6.64. The highest BCUT2D eigenvalue weighted by atomic mass is 79.9. The monoisotopic (exact) mass is 512 g/mol. The number of hydrogen-bond donors (Lipinski definition) is 1. The van der Waals surface area contributed by atoms with E-state index >= 15 is 0 Å². The van der Waals surface area contributed by atoms with Crippen molar-refractivity contribution in [3.8, 4) is 11.3 Å². The van der Waals surface area contributed by atoms with Crippen LogP contribution in [0.25, 0.3) is 22.2 Å². The first-order valence-corrected chi connectivity index (χ1v) is 10.4. The van der Waals surface area contributed by atoms with Crippen LogP contribution in [0, 0.1) is 12.7 Å². The number of halogens is 3. The topological polar surface area (TPSA) is 42.0 Å². The summed E-state index contributed by atoms with van der Waals surface area (Å²) >= 11 is 6.95. The van der Waals surface area contributed by atoms with Crippen molar-refractivity contribution in [1.82, 2.24) is 4.98 Å². The fourth-order valence-electron chi connectivity index (χ4n) is 3.14. The Morgan fingerprint density at radius 3 is 2.31 bits per heavy atom. The molecule has 6 heteroatoms. The molecule has 3 aromatic carbocycles. The van der Waals surface area contributed by atoms with Gasteiger partial charge in [0.1, 0.15) is 5.82 Å². The lowest BCUT2D eigenvalue weighted by Gasteiger charge is -2.13. The molecule has 4 rings (SSSR count). The van der Waals surface area contributed by atoms with Crippen LogP contribution >= 0.6 is 31.9 Å². The number of rotatable bonds is 3. The van der Waals surface area contributed by atoms with Crippen molar-refractivity contribution >= 4 is 54.4 Å². The summed E-state index contributed by atoms with van der Waals surface area (Å²) in [6.45, 7) is 1.97. The van der Waals surface area contributed by atoms with E-state index in [1.54, 1.807) is 6.07 Å². The highest BCUT2D eigenvalue weighted by Crippen LogP contribution is 2.30. The first-order valence-electron chi connectivity index (χ1n) is 8.84. The third-order valence-corrected chi connectivity index (χ3v) is 5.54. The first-order chi connectivity index (χ1) is 13.9. The summed E-state index contributed by atoms with van der Waals surface area (Å²) in [5.41, 5.74) is 4.37. The molecule has 4 aromatic rings. The molecule has 1 N–H and O–H groups in total. The van der Waals surface area contributed by atoms with Crippen molar-refractivity contribution in [2.24, 2.45) is 0 Å². The molecule has 0 saturated carbocycles. The Morgan fingerprint density at radius 2 is 1.62 bits per heavy atom. The maximum Gasteiger partial charge on any atom is 0.256 e. The number of nitrogens with one attached hydrogen (secondary N) is 1. The van der Waals surface area contributed by atoms with E-state index in [2.05, 4.69) is 37.2 Å². The van der Waals surface area contributed by atoms with Gasteiger partial charge in [0, 0.05) is 25.6 Å². The fraction of sp³-hybridized carbons (Fsp3) is 0.0435. The second kappa shape index (κ2) is 8.05. The molecular formula is C23H15Br2FN2O. The second-order valence-corrected chi connectivity index (χ2v) is 8.47. The molecule has 29 heavy (non-hydrogen) atoms. The van der Waals surface area contributed by atoms with Gasteiger partial charge in [0.2, 0.25) is 0 Å². The lowest BCUT2D eigenvalue weighted by Crippen LogP contribution is -2.13. The third kappa shape index (κ3) is 4.23. The number of carbonyl (C=O) groups excluding carboxylic acids is 1. The van der Waals surface area contributed by atoms with Crippen LogP contribution in [0.15, 0.2) is 75.7 Å². The molecular weight excluding hydrogens is 499 g/mol. The molecule has 0 atom stereocenters. The molecule has 0 fully saturated rings. The number of aromatic nitrogens is 1. The Kier molecular flexibility index (Phi) is 5.48. The summed E-state index contributed by atoms with van der Waals surface area (Å²) in [5.74, 6) is -0.630. The molecule has 3 nitrogen and oxygen atoms in total. The summed E-state index contributed by atoms with van der Waals surface area (Å²) in [4.78, 5) is 17.9. The molecule has 1 heterocycles. The Morgan fingerprint density at radius 1 is 0.931 bits per heavy atom. The number of nitrogens with zero attached hydrogens (tertiary/aromatic N) is 1. The minimum atomic E-state index is -0.352. The molecule has 1 aromatic heterocycles. The van der Waals surface area contributed by atoms with Gasteiger partial charge in [-0.3, -0.25) is 4.79 Å². The van der Waals surface area contributed by atoms with Gasteiger partial charge in [-0.15, -0.1) is 0 Å². The Balaban J connectivity index is 1.86. The average molecular weight is 514 g/mol. The van der Waals surface area contributed by atoms with Crippen molar-refractivity contribution < 1.29 is 9.18 Å². The summed E-state index contributed by atoms with van der Waals surface area (Å²) in [6, 6.07) is 19.1. The van der Waals surface area contributed by atoms with Crippen LogP contribution in [-0.2, 0) is 0 Å².